The van der Waals surface area contributed by atoms with E-state index in [0.717, 1.165) is 11.2 Å². The summed E-state index contributed by atoms with van der Waals surface area (Å²) in [4.78, 5) is 4.65. The maximum absolute atomic E-state index is 6.23. The van der Waals surface area contributed by atoms with Crippen LogP contribution in [0.15, 0.2) is 12.3 Å². The topological polar surface area (TPSA) is 31.4 Å². The fourth-order valence-electron chi connectivity index (χ4n) is 2.73. The third-order valence-electron chi connectivity index (χ3n) is 5.27. The molecule has 1 saturated heterocycles. The average molecular weight is 273 g/mol. The van der Waals surface area contributed by atoms with Crippen LogP contribution in [0.1, 0.15) is 58.7 Å². The third-order valence-corrected chi connectivity index (χ3v) is 5.27. The van der Waals surface area contributed by atoms with Crippen molar-refractivity contribution >= 4 is 12.6 Å². The van der Waals surface area contributed by atoms with Gasteiger partial charge in [0, 0.05) is 22.8 Å². The molecule has 20 heavy (non-hydrogen) atoms. The van der Waals surface area contributed by atoms with Crippen molar-refractivity contribution in [1.82, 2.24) is 4.98 Å². The van der Waals surface area contributed by atoms with Gasteiger partial charge in [0.25, 0.3) is 0 Å². The molecule has 3 rings (SSSR count). The van der Waals surface area contributed by atoms with Gasteiger partial charge in [0.05, 0.1) is 11.2 Å². The predicted molar refractivity (Wildman–Crippen MR) is 81.3 cm³/mol. The molecule has 1 aromatic heterocycles. The Balaban J connectivity index is 2.04. The standard InChI is InChI=1S/C16H24BNO2/c1-11-7-10-18-13(16(6)8-9-16)12(11)17-19-14(2,3)15(4,5)20-17/h7,10H,8-9H2,1-6H3. The monoisotopic (exact) mass is 273 g/mol. The summed E-state index contributed by atoms with van der Waals surface area (Å²) in [6.07, 6.45) is 4.31. The lowest BCUT2D eigenvalue weighted by Gasteiger charge is -2.32. The van der Waals surface area contributed by atoms with Gasteiger partial charge in [-0.15, -0.1) is 0 Å². The van der Waals surface area contributed by atoms with Gasteiger partial charge in [0.1, 0.15) is 0 Å². The molecule has 2 fully saturated rings. The normalized spacial score (nSPS) is 25.8. The molecule has 3 nitrogen and oxygen atoms in total. The molecular weight excluding hydrogens is 249 g/mol. The summed E-state index contributed by atoms with van der Waals surface area (Å²) in [5, 5.41) is 0. The van der Waals surface area contributed by atoms with Crippen molar-refractivity contribution in [3.05, 3.63) is 23.5 Å². The Morgan fingerprint density at radius 3 is 2.10 bits per heavy atom. The summed E-state index contributed by atoms with van der Waals surface area (Å²) in [5.41, 5.74) is 3.12. The lowest BCUT2D eigenvalue weighted by molar-refractivity contribution is 0.00578. The van der Waals surface area contributed by atoms with Gasteiger partial charge < -0.3 is 9.31 Å². The molecule has 1 saturated carbocycles. The molecule has 0 bridgehead atoms. The summed E-state index contributed by atoms with van der Waals surface area (Å²) in [6.45, 7) is 12.8. The fourth-order valence-corrected chi connectivity index (χ4v) is 2.73. The van der Waals surface area contributed by atoms with Crippen molar-refractivity contribution in [2.45, 2.75) is 71.0 Å². The quantitative estimate of drug-likeness (QED) is 0.776. The largest absolute Gasteiger partial charge is 0.497 e. The zero-order chi connectivity index (χ0) is 14.8. The van der Waals surface area contributed by atoms with E-state index in [1.165, 1.54) is 18.4 Å². The highest BCUT2D eigenvalue weighted by Gasteiger charge is 2.54. The van der Waals surface area contributed by atoms with Crippen LogP contribution in [0.3, 0.4) is 0 Å². The summed E-state index contributed by atoms with van der Waals surface area (Å²) >= 11 is 0. The Bertz CT molecular complexity index is 533. The Labute approximate surface area is 122 Å². The summed E-state index contributed by atoms with van der Waals surface area (Å²) in [5.74, 6) is 0. The highest BCUT2D eigenvalue weighted by molar-refractivity contribution is 6.63. The molecule has 2 heterocycles. The van der Waals surface area contributed by atoms with E-state index in [4.69, 9.17) is 9.31 Å². The van der Waals surface area contributed by atoms with E-state index in [-0.39, 0.29) is 23.7 Å². The molecule has 2 aliphatic rings. The summed E-state index contributed by atoms with van der Waals surface area (Å²) in [6, 6.07) is 2.05. The maximum Gasteiger partial charge on any atom is 0.497 e. The number of hydrogen-bond donors (Lipinski definition) is 0. The van der Waals surface area contributed by atoms with Crippen molar-refractivity contribution in [2.75, 3.05) is 0 Å². The van der Waals surface area contributed by atoms with Crippen LogP contribution in [-0.4, -0.2) is 23.3 Å². The van der Waals surface area contributed by atoms with Gasteiger partial charge >= 0.3 is 7.12 Å². The predicted octanol–water partition coefficient (Wildman–Crippen LogP) is 2.74. The number of aryl methyl sites for hydroxylation is 1. The molecule has 0 aromatic carbocycles. The van der Waals surface area contributed by atoms with Gasteiger partial charge in [-0.2, -0.15) is 0 Å². The van der Waals surface area contributed by atoms with Gasteiger partial charge in [0.15, 0.2) is 0 Å². The first kappa shape index (κ1) is 14.1. The molecule has 0 N–H and O–H groups in total. The Hall–Kier alpha value is -0.865. The van der Waals surface area contributed by atoms with Gasteiger partial charge in [-0.3, -0.25) is 4.98 Å². The van der Waals surface area contributed by atoms with Gasteiger partial charge in [0.2, 0.25) is 0 Å². The van der Waals surface area contributed by atoms with Gasteiger partial charge in [-0.05, 0) is 59.1 Å². The average Bonchev–Trinajstić information content (AvgIpc) is 3.01. The smallest absolute Gasteiger partial charge is 0.399 e. The van der Waals surface area contributed by atoms with Crippen LogP contribution in [-0.2, 0) is 14.7 Å². The molecule has 0 amide bonds. The van der Waals surface area contributed by atoms with Gasteiger partial charge in [-0.25, -0.2) is 0 Å². The second-order valence-electron chi connectivity index (χ2n) is 7.54. The molecule has 108 valence electrons. The summed E-state index contributed by atoms with van der Waals surface area (Å²) in [7, 11) is -0.305. The highest BCUT2D eigenvalue weighted by Crippen LogP contribution is 2.47. The van der Waals surface area contributed by atoms with Crippen LogP contribution in [0.4, 0.5) is 0 Å². The van der Waals surface area contributed by atoms with Crippen molar-refractivity contribution in [1.29, 1.82) is 0 Å². The first-order valence-electron chi connectivity index (χ1n) is 7.48. The van der Waals surface area contributed by atoms with Crippen LogP contribution in [0.5, 0.6) is 0 Å². The van der Waals surface area contributed by atoms with E-state index in [2.05, 4.69) is 52.6 Å². The Morgan fingerprint density at radius 2 is 1.60 bits per heavy atom. The van der Waals surface area contributed by atoms with Crippen molar-refractivity contribution < 1.29 is 9.31 Å². The fraction of sp³-hybridized carbons (Fsp3) is 0.688. The van der Waals surface area contributed by atoms with Crippen molar-refractivity contribution in [3.63, 3.8) is 0 Å². The number of nitrogens with zero attached hydrogens (tertiary/aromatic N) is 1. The maximum atomic E-state index is 6.23. The molecule has 0 radical (unpaired) electrons. The number of hydrogen-bond acceptors (Lipinski definition) is 3. The van der Waals surface area contributed by atoms with Gasteiger partial charge in [-0.1, -0.05) is 6.92 Å². The second kappa shape index (κ2) is 4.08. The van der Waals surface area contributed by atoms with Crippen LogP contribution >= 0.6 is 0 Å². The highest BCUT2D eigenvalue weighted by atomic mass is 16.7. The molecule has 0 spiro atoms. The van der Waals surface area contributed by atoms with Crippen LogP contribution in [0.25, 0.3) is 0 Å². The summed E-state index contributed by atoms with van der Waals surface area (Å²) < 4.78 is 12.5. The second-order valence-corrected chi connectivity index (χ2v) is 7.54. The van der Waals surface area contributed by atoms with E-state index >= 15 is 0 Å². The third kappa shape index (κ3) is 2.01. The van der Waals surface area contributed by atoms with Crippen LogP contribution in [0.2, 0.25) is 0 Å². The molecule has 0 unspecified atom stereocenters. The van der Waals surface area contributed by atoms with E-state index in [1.54, 1.807) is 0 Å². The SMILES string of the molecule is Cc1ccnc(C2(C)CC2)c1B1OC(C)(C)C(C)(C)O1. The van der Waals surface area contributed by atoms with E-state index < -0.39 is 0 Å². The Morgan fingerprint density at radius 1 is 1.05 bits per heavy atom. The zero-order valence-corrected chi connectivity index (χ0v) is 13.4. The lowest BCUT2D eigenvalue weighted by Crippen LogP contribution is -2.41. The van der Waals surface area contributed by atoms with Crippen LogP contribution < -0.4 is 5.46 Å². The molecule has 4 heteroatoms. The minimum Gasteiger partial charge on any atom is -0.399 e. The van der Waals surface area contributed by atoms with Crippen molar-refractivity contribution in [3.8, 4) is 0 Å². The number of aromatic nitrogens is 1. The zero-order valence-electron chi connectivity index (χ0n) is 13.4. The minimum absolute atomic E-state index is 0.213. The first-order valence-corrected chi connectivity index (χ1v) is 7.48. The molecule has 1 aliphatic carbocycles. The first-order chi connectivity index (χ1) is 9.16. The lowest BCUT2D eigenvalue weighted by atomic mass is 9.72. The number of pyridine rings is 1. The van der Waals surface area contributed by atoms with Crippen molar-refractivity contribution in [2.24, 2.45) is 0 Å². The Kier molecular flexibility index (Phi) is 2.87. The molecule has 0 atom stereocenters. The molecule has 1 aromatic rings. The van der Waals surface area contributed by atoms with E-state index in [9.17, 15) is 0 Å². The molecule has 1 aliphatic heterocycles. The minimum atomic E-state index is -0.305. The number of rotatable bonds is 2. The van der Waals surface area contributed by atoms with E-state index in [0.29, 0.717) is 0 Å². The van der Waals surface area contributed by atoms with Crippen LogP contribution in [0, 0.1) is 6.92 Å². The van der Waals surface area contributed by atoms with E-state index in [1.807, 2.05) is 6.20 Å². The molecular formula is C16H24BNO2.